The van der Waals surface area contributed by atoms with Crippen LogP contribution in [0.5, 0.6) is 0 Å². The normalized spacial score (nSPS) is 28.3. The van der Waals surface area contributed by atoms with Crippen molar-refractivity contribution in [2.75, 3.05) is 26.8 Å². The fourth-order valence-electron chi connectivity index (χ4n) is 3.15. The molecule has 1 fully saturated rings. The molecule has 2 nitrogen and oxygen atoms in total. The summed E-state index contributed by atoms with van der Waals surface area (Å²) in [6.07, 6.45) is 2.30. The molecule has 0 bridgehead atoms. The zero-order valence-electron chi connectivity index (χ0n) is 11.2. The van der Waals surface area contributed by atoms with Gasteiger partial charge in [0.25, 0.3) is 0 Å². The van der Waals surface area contributed by atoms with Crippen molar-refractivity contribution in [1.82, 2.24) is 5.32 Å². The highest BCUT2D eigenvalue weighted by molar-refractivity contribution is 6.30. The molecular formula is C15H22ClNO. The fraction of sp³-hybridized carbons (Fsp3) is 0.600. The summed E-state index contributed by atoms with van der Waals surface area (Å²) in [5, 5.41) is 4.32. The van der Waals surface area contributed by atoms with Gasteiger partial charge in [0.15, 0.2) is 0 Å². The van der Waals surface area contributed by atoms with Gasteiger partial charge in [-0.25, -0.2) is 0 Å². The van der Waals surface area contributed by atoms with E-state index in [9.17, 15) is 0 Å². The molecule has 2 unspecified atom stereocenters. The van der Waals surface area contributed by atoms with Crippen LogP contribution in [0.2, 0.25) is 5.02 Å². The minimum atomic E-state index is 0.241. The fourth-order valence-corrected chi connectivity index (χ4v) is 3.35. The van der Waals surface area contributed by atoms with Gasteiger partial charge >= 0.3 is 0 Å². The summed E-state index contributed by atoms with van der Waals surface area (Å²) in [4.78, 5) is 0. The van der Waals surface area contributed by atoms with E-state index in [4.69, 9.17) is 16.3 Å². The van der Waals surface area contributed by atoms with E-state index < -0.39 is 0 Å². The van der Waals surface area contributed by atoms with Gasteiger partial charge in [-0.3, -0.25) is 0 Å². The lowest BCUT2D eigenvalue weighted by Gasteiger charge is -2.44. The minimum Gasteiger partial charge on any atom is -0.384 e. The Kier molecular flexibility index (Phi) is 4.66. The van der Waals surface area contributed by atoms with E-state index in [0.717, 1.165) is 37.6 Å². The molecule has 0 spiro atoms. The standard InChI is InChI=1S/C15H22ClNO/c1-3-15(11-18-2)7-8-17-10-14(15)12-5-4-6-13(16)9-12/h4-6,9,14,17H,3,7-8,10-11H2,1-2H3. The summed E-state index contributed by atoms with van der Waals surface area (Å²) < 4.78 is 5.50. The smallest absolute Gasteiger partial charge is 0.0525 e. The summed E-state index contributed by atoms with van der Waals surface area (Å²) in [5.41, 5.74) is 1.57. The molecule has 0 aliphatic carbocycles. The Hall–Kier alpha value is -0.570. The Morgan fingerprint density at radius 3 is 3.00 bits per heavy atom. The van der Waals surface area contributed by atoms with Gasteiger partial charge in [-0.2, -0.15) is 0 Å². The third kappa shape index (κ3) is 2.71. The summed E-state index contributed by atoms with van der Waals surface area (Å²) in [6, 6.07) is 8.26. The van der Waals surface area contributed by atoms with E-state index >= 15 is 0 Å². The van der Waals surface area contributed by atoms with Crippen LogP contribution in [-0.2, 0) is 4.74 Å². The molecule has 1 aromatic carbocycles. The van der Waals surface area contributed by atoms with Gasteiger partial charge in [0, 0.05) is 30.0 Å². The predicted molar refractivity (Wildman–Crippen MR) is 76.3 cm³/mol. The molecule has 3 heteroatoms. The molecule has 2 atom stereocenters. The van der Waals surface area contributed by atoms with Crippen LogP contribution in [0, 0.1) is 5.41 Å². The third-order valence-electron chi connectivity index (χ3n) is 4.27. The zero-order chi connectivity index (χ0) is 13.0. The van der Waals surface area contributed by atoms with Crippen LogP contribution in [0.1, 0.15) is 31.2 Å². The van der Waals surface area contributed by atoms with Crippen molar-refractivity contribution >= 4 is 11.6 Å². The summed E-state index contributed by atoms with van der Waals surface area (Å²) in [5.74, 6) is 0.481. The lowest BCUT2D eigenvalue weighted by atomic mass is 9.67. The molecule has 1 aliphatic heterocycles. The van der Waals surface area contributed by atoms with Gasteiger partial charge in [0.1, 0.15) is 0 Å². The second kappa shape index (κ2) is 6.05. The molecule has 18 heavy (non-hydrogen) atoms. The van der Waals surface area contributed by atoms with E-state index in [1.165, 1.54) is 5.56 Å². The Bertz CT molecular complexity index is 392. The quantitative estimate of drug-likeness (QED) is 0.902. The molecular weight excluding hydrogens is 246 g/mol. The second-order valence-electron chi connectivity index (χ2n) is 5.21. The Labute approximate surface area is 115 Å². The highest BCUT2D eigenvalue weighted by Crippen LogP contribution is 2.44. The second-order valence-corrected chi connectivity index (χ2v) is 5.65. The number of methoxy groups -OCH3 is 1. The number of rotatable bonds is 4. The van der Waals surface area contributed by atoms with Crippen molar-refractivity contribution in [3.05, 3.63) is 34.9 Å². The van der Waals surface area contributed by atoms with Crippen LogP contribution in [0.25, 0.3) is 0 Å². The van der Waals surface area contributed by atoms with Gasteiger partial charge in [-0.05, 0) is 37.1 Å². The summed E-state index contributed by atoms with van der Waals surface area (Å²) in [7, 11) is 1.80. The lowest BCUT2D eigenvalue weighted by Crippen LogP contribution is -2.45. The third-order valence-corrected chi connectivity index (χ3v) is 4.51. The average molecular weight is 268 g/mol. The monoisotopic (exact) mass is 267 g/mol. The molecule has 1 saturated heterocycles. The molecule has 100 valence electrons. The Morgan fingerprint density at radius 1 is 1.50 bits per heavy atom. The highest BCUT2D eigenvalue weighted by atomic mass is 35.5. The minimum absolute atomic E-state index is 0.241. The molecule has 1 heterocycles. The van der Waals surface area contributed by atoms with Gasteiger partial charge in [0.2, 0.25) is 0 Å². The van der Waals surface area contributed by atoms with Crippen molar-refractivity contribution in [3.8, 4) is 0 Å². The summed E-state index contributed by atoms with van der Waals surface area (Å²) in [6.45, 7) is 5.18. The molecule has 0 amide bonds. The number of halogens is 1. The number of hydrogen-bond acceptors (Lipinski definition) is 2. The van der Waals surface area contributed by atoms with Crippen molar-refractivity contribution in [1.29, 1.82) is 0 Å². The maximum atomic E-state index is 6.13. The highest BCUT2D eigenvalue weighted by Gasteiger charge is 2.40. The van der Waals surface area contributed by atoms with Crippen molar-refractivity contribution < 1.29 is 4.74 Å². The first kappa shape index (κ1) is 13.9. The predicted octanol–water partition coefficient (Wildman–Crippen LogP) is 3.46. The van der Waals surface area contributed by atoms with Crippen LogP contribution in [-0.4, -0.2) is 26.8 Å². The van der Waals surface area contributed by atoms with Crippen LogP contribution in [0.4, 0.5) is 0 Å². The maximum absolute atomic E-state index is 6.13. The first-order valence-corrected chi connectivity index (χ1v) is 7.05. The van der Waals surface area contributed by atoms with Crippen molar-refractivity contribution in [2.45, 2.75) is 25.7 Å². The molecule has 0 aromatic heterocycles. The number of piperidine rings is 1. The van der Waals surface area contributed by atoms with Crippen LogP contribution in [0.3, 0.4) is 0 Å². The van der Waals surface area contributed by atoms with E-state index in [1.807, 2.05) is 12.1 Å². The van der Waals surface area contributed by atoms with Crippen LogP contribution in [0.15, 0.2) is 24.3 Å². The number of hydrogen-bond donors (Lipinski definition) is 1. The van der Waals surface area contributed by atoms with E-state index in [1.54, 1.807) is 7.11 Å². The first-order chi connectivity index (χ1) is 8.72. The molecule has 1 N–H and O–H groups in total. The Morgan fingerprint density at radius 2 is 2.33 bits per heavy atom. The SMILES string of the molecule is CCC1(COC)CCNCC1c1cccc(Cl)c1. The molecule has 1 aromatic rings. The Balaban J connectivity index is 2.32. The van der Waals surface area contributed by atoms with Gasteiger partial charge in [-0.15, -0.1) is 0 Å². The maximum Gasteiger partial charge on any atom is 0.0525 e. The number of benzene rings is 1. The van der Waals surface area contributed by atoms with E-state index in [0.29, 0.717) is 5.92 Å². The average Bonchev–Trinajstić information content (AvgIpc) is 2.39. The molecule has 1 aliphatic rings. The van der Waals surface area contributed by atoms with Gasteiger partial charge in [0.05, 0.1) is 6.61 Å². The van der Waals surface area contributed by atoms with Gasteiger partial charge in [-0.1, -0.05) is 30.7 Å². The lowest BCUT2D eigenvalue weighted by molar-refractivity contribution is 0.0332. The largest absolute Gasteiger partial charge is 0.384 e. The molecule has 2 rings (SSSR count). The first-order valence-electron chi connectivity index (χ1n) is 6.67. The zero-order valence-corrected chi connectivity index (χ0v) is 12.0. The van der Waals surface area contributed by atoms with Gasteiger partial charge < -0.3 is 10.1 Å². The topological polar surface area (TPSA) is 21.3 Å². The molecule has 0 radical (unpaired) electrons. The van der Waals surface area contributed by atoms with Crippen LogP contribution >= 0.6 is 11.6 Å². The van der Waals surface area contributed by atoms with Crippen LogP contribution < -0.4 is 5.32 Å². The van der Waals surface area contributed by atoms with Crippen molar-refractivity contribution in [2.24, 2.45) is 5.41 Å². The van der Waals surface area contributed by atoms with E-state index in [-0.39, 0.29) is 5.41 Å². The summed E-state index contributed by atoms with van der Waals surface area (Å²) >= 11 is 6.13. The number of nitrogens with one attached hydrogen (secondary N) is 1. The van der Waals surface area contributed by atoms with Crippen molar-refractivity contribution in [3.63, 3.8) is 0 Å². The number of ether oxygens (including phenoxy) is 1. The van der Waals surface area contributed by atoms with E-state index in [2.05, 4.69) is 24.4 Å². The molecule has 0 saturated carbocycles.